The topological polar surface area (TPSA) is 69.7 Å². The van der Waals surface area contributed by atoms with E-state index in [1.54, 1.807) is 31.2 Å². The maximum Gasteiger partial charge on any atom is 0.379 e. The molecule has 32 heavy (non-hydrogen) atoms. The van der Waals surface area contributed by atoms with Gasteiger partial charge in [-0.25, -0.2) is 9.59 Å². The minimum atomic E-state index is -0.892. The molecule has 0 spiro atoms. The quantitative estimate of drug-likeness (QED) is 0.288. The Morgan fingerprint density at radius 3 is 1.94 bits per heavy atom. The van der Waals surface area contributed by atoms with Crippen LogP contribution >= 0.6 is 0 Å². The van der Waals surface area contributed by atoms with E-state index in [4.69, 9.17) is 9.47 Å². The molecule has 0 radical (unpaired) electrons. The molecule has 0 amide bonds. The first kappa shape index (κ1) is 25.3. The highest BCUT2D eigenvalue weighted by atomic mass is 16.6. The minimum absolute atomic E-state index is 0.272. The lowest BCUT2D eigenvalue weighted by atomic mass is 9.91. The lowest BCUT2D eigenvalue weighted by Gasteiger charge is -2.29. The van der Waals surface area contributed by atoms with Crippen LogP contribution in [0.2, 0.25) is 0 Å². The van der Waals surface area contributed by atoms with E-state index in [2.05, 4.69) is 0 Å². The summed E-state index contributed by atoms with van der Waals surface area (Å²) in [7, 11) is 0. The standard InChI is InChI=1S/C27H34O5/c1-16(2)13-23(32-26(29)22-11-9-8-10-12-22)20(6)21(7)31-27(30)25(28)24-18(4)14-17(3)15-19(24)5/h8-12,14-16,20-21,23H,13H2,1-7H3. The first-order valence-electron chi connectivity index (χ1n) is 11.1. The molecule has 2 aromatic rings. The molecule has 3 unspecified atom stereocenters. The zero-order valence-corrected chi connectivity index (χ0v) is 20.1. The van der Waals surface area contributed by atoms with Gasteiger partial charge in [-0.3, -0.25) is 4.79 Å². The molecule has 2 rings (SSSR count). The highest BCUT2D eigenvalue weighted by molar-refractivity contribution is 6.41. The third kappa shape index (κ3) is 6.52. The lowest BCUT2D eigenvalue weighted by Crippen LogP contribution is -2.37. The fraction of sp³-hybridized carbons (Fsp3) is 0.444. The van der Waals surface area contributed by atoms with Gasteiger partial charge in [0.05, 0.1) is 5.56 Å². The van der Waals surface area contributed by atoms with Gasteiger partial charge in [-0.05, 0) is 63.3 Å². The first-order chi connectivity index (χ1) is 15.0. The summed E-state index contributed by atoms with van der Waals surface area (Å²) >= 11 is 0. The van der Waals surface area contributed by atoms with E-state index in [0.717, 1.165) is 16.7 Å². The van der Waals surface area contributed by atoms with Gasteiger partial charge in [0.15, 0.2) is 0 Å². The smallest absolute Gasteiger partial charge is 0.379 e. The molecule has 0 N–H and O–H groups in total. The Bertz CT molecular complexity index is 938. The Morgan fingerprint density at radius 1 is 0.844 bits per heavy atom. The molecular formula is C27H34O5. The van der Waals surface area contributed by atoms with Crippen molar-refractivity contribution in [2.75, 3.05) is 0 Å². The molecule has 0 saturated heterocycles. The summed E-state index contributed by atoms with van der Waals surface area (Å²) in [6.45, 7) is 13.3. The largest absolute Gasteiger partial charge is 0.458 e. The van der Waals surface area contributed by atoms with Crippen LogP contribution in [0.1, 0.15) is 71.5 Å². The van der Waals surface area contributed by atoms with Crippen LogP contribution in [0, 0.1) is 32.6 Å². The van der Waals surface area contributed by atoms with E-state index in [-0.39, 0.29) is 11.8 Å². The van der Waals surface area contributed by atoms with Crippen LogP contribution in [-0.4, -0.2) is 29.9 Å². The second kappa shape index (κ2) is 11.1. The summed E-state index contributed by atoms with van der Waals surface area (Å²) in [5, 5.41) is 0. The average molecular weight is 439 g/mol. The van der Waals surface area contributed by atoms with Crippen molar-refractivity contribution in [3.63, 3.8) is 0 Å². The van der Waals surface area contributed by atoms with Crippen molar-refractivity contribution in [3.05, 3.63) is 70.3 Å². The zero-order valence-electron chi connectivity index (χ0n) is 20.1. The fourth-order valence-electron chi connectivity index (χ4n) is 3.89. The molecular weight excluding hydrogens is 404 g/mol. The van der Waals surface area contributed by atoms with E-state index in [1.165, 1.54) is 0 Å². The van der Waals surface area contributed by atoms with Crippen molar-refractivity contribution in [2.24, 2.45) is 11.8 Å². The number of esters is 2. The molecule has 3 atom stereocenters. The van der Waals surface area contributed by atoms with Crippen LogP contribution in [0.5, 0.6) is 0 Å². The van der Waals surface area contributed by atoms with Crippen molar-refractivity contribution in [2.45, 2.75) is 67.1 Å². The predicted molar refractivity (Wildman–Crippen MR) is 125 cm³/mol. The summed E-state index contributed by atoms with van der Waals surface area (Å²) in [4.78, 5) is 38.1. The molecule has 0 aliphatic rings. The SMILES string of the molecule is Cc1cc(C)c(C(=O)C(=O)OC(C)C(C)C(CC(C)C)OC(=O)c2ccccc2)c(C)c1. The van der Waals surface area contributed by atoms with E-state index < -0.39 is 29.9 Å². The number of hydrogen-bond acceptors (Lipinski definition) is 5. The molecule has 0 saturated carbocycles. The monoisotopic (exact) mass is 438 g/mol. The van der Waals surface area contributed by atoms with E-state index >= 15 is 0 Å². The van der Waals surface area contributed by atoms with Gasteiger partial charge >= 0.3 is 11.9 Å². The summed E-state index contributed by atoms with van der Waals surface area (Å²) in [6, 6.07) is 12.6. The molecule has 0 aliphatic heterocycles. The van der Waals surface area contributed by atoms with Crippen LogP contribution in [0.4, 0.5) is 0 Å². The molecule has 5 nitrogen and oxygen atoms in total. The molecule has 172 valence electrons. The molecule has 0 aromatic heterocycles. The average Bonchev–Trinajstić information content (AvgIpc) is 2.72. The third-order valence-corrected chi connectivity index (χ3v) is 5.68. The van der Waals surface area contributed by atoms with E-state index in [1.807, 2.05) is 59.7 Å². The number of benzene rings is 2. The van der Waals surface area contributed by atoms with Gasteiger partial charge in [0, 0.05) is 11.5 Å². The van der Waals surface area contributed by atoms with Crippen LogP contribution in [0.15, 0.2) is 42.5 Å². The van der Waals surface area contributed by atoms with Crippen LogP contribution in [0.3, 0.4) is 0 Å². The van der Waals surface area contributed by atoms with Crippen molar-refractivity contribution in [1.29, 1.82) is 0 Å². The van der Waals surface area contributed by atoms with Crippen molar-refractivity contribution < 1.29 is 23.9 Å². The number of ketones is 1. The molecule has 2 aromatic carbocycles. The Kier molecular flexibility index (Phi) is 8.76. The molecule has 5 heteroatoms. The maximum absolute atomic E-state index is 12.8. The Morgan fingerprint density at radius 2 is 1.41 bits per heavy atom. The maximum atomic E-state index is 12.8. The first-order valence-corrected chi connectivity index (χ1v) is 11.1. The number of Topliss-reactive ketones (excluding diaryl/α,β-unsaturated/α-hetero) is 1. The van der Waals surface area contributed by atoms with Gasteiger partial charge < -0.3 is 9.47 Å². The molecule has 0 fully saturated rings. The van der Waals surface area contributed by atoms with Crippen molar-refractivity contribution in [1.82, 2.24) is 0 Å². The molecule has 0 aliphatic carbocycles. The minimum Gasteiger partial charge on any atom is -0.458 e. The third-order valence-electron chi connectivity index (χ3n) is 5.68. The van der Waals surface area contributed by atoms with Gasteiger partial charge in [0.1, 0.15) is 12.2 Å². The van der Waals surface area contributed by atoms with Crippen LogP contribution in [0.25, 0.3) is 0 Å². The second-order valence-corrected chi connectivity index (χ2v) is 9.01. The van der Waals surface area contributed by atoms with Gasteiger partial charge in [0.2, 0.25) is 0 Å². The van der Waals surface area contributed by atoms with E-state index in [9.17, 15) is 14.4 Å². The van der Waals surface area contributed by atoms with E-state index in [0.29, 0.717) is 17.5 Å². The highest BCUT2D eigenvalue weighted by Gasteiger charge is 2.32. The fourth-order valence-corrected chi connectivity index (χ4v) is 3.89. The van der Waals surface area contributed by atoms with Gasteiger partial charge in [-0.1, -0.05) is 56.7 Å². The second-order valence-electron chi connectivity index (χ2n) is 9.01. The zero-order chi connectivity index (χ0) is 24.0. The summed E-state index contributed by atoms with van der Waals surface area (Å²) < 4.78 is 11.3. The number of ether oxygens (including phenoxy) is 2. The van der Waals surface area contributed by atoms with Crippen molar-refractivity contribution in [3.8, 4) is 0 Å². The van der Waals surface area contributed by atoms with Crippen LogP contribution in [-0.2, 0) is 14.3 Å². The van der Waals surface area contributed by atoms with Gasteiger partial charge in [0.25, 0.3) is 5.78 Å². The lowest BCUT2D eigenvalue weighted by molar-refractivity contribution is -0.147. The van der Waals surface area contributed by atoms with Gasteiger partial charge in [-0.15, -0.1) is 0 Å². The highest BCUT2D eigenvalue weighted by Crippen LogP contribution is 2.24. The number of aryl methyl sites for hydroxylation is 3. The summed E-state index contributed by atoms with van der Waals surface area (Å²) in [5.74, 6) is -1.98. The number of carbonyl (C=O) groups is 3. The predicted octanol–water partition coefficient (Wildman–Crippen LogP) is 5.63. The molecule has 0 heterocycles. The number of hydrogen-bond donors (Lipinski definition) is 0. The Labute approximate surface area is 191 Å². The summed E-state index contributed by atoms with van der Waals surface area (Å²) in [5.41, 5.74) is 3.39. The summed E-state index contributed by atoms with van der Waals surface area (Å²) in [6.07, 6.45) is -0.445. The van der Waals surface area contributed by atoms with Crippen LogP contribution < -0.4 is 0 Å². The number of rotatable bonds is 9. The Balaban J connectivity index is 2.13. The van der Waals surface area contributed by atoms with Gasteiger partial charge in [-0.2, -0.15) is 0 Å². The molecule has 0 bridgehead atoms. The van der Waals surface area contributed by atoms with Crippen molar-refractivity contribution >= 4 is 17.7 Å². The number of carbonyl (C=O) groups excluding carboxylic acids is 3. The Hall–Kier alpha value is -2.95. The normalized spacial score (nSPS) is 13.9.